The van der Waals surface area contributed by atoms with Gasteiger partial charge in [-0.1, -0.05) is 23.5 Å². The number of nitrogen functional groups attached to an aromatic ring is 2. The first-order valence-electron chi connectivity index (χ1n) is 21.8. The van der Waals surface area contributed by atoms with Gasteiger partial charge in [-0.2, -0.15) is 0 Å². The number of nitrogens with zero attached hydrogens (tertiary/aromatic N) is 10. The molecule has 0 spiro atoms. The van der Waals surface area contributed by atoms with Crippen LogP contribution >= 0.6 is 46.2 Å². The van der Waals surface area contributed by atoms with Crippen LogP contribution in [0.4, 0.5) is 11.6 Å². The third kappa shape index (κ3) is 9.28. The van der Waals surface area contributed by atoms with Crippen LogP contribution < -0.4 is 39.9 Å². The average Bonchev–Trinajstić information content (AvgIpc) is 4.09. The van der Waals surface area contributed by atoms with E-state index < -0.39 is 25.3 Å². The van der Waals surface area contributed by atoms with E-state index in [2.05, 4.69) is 34.4 Å². The van der Waals surface area contributed by atoms with Crippen LogP contribution in [-0.2, 0) is 33.1 Å². The fourth-order valence-corrected chi connectivity index (χ4v) is 13.8. The minimum absolute atomic E-state index is 0.0603. The maximum atomic E-state index is 13.7. The van der Waals surface area contributed by atoms with Crippen LogP contribution in [0.3, 0.4) is 0 Å². The number of nitrogens with one attached hydrogen (secondary N) is 2. The number of benzene rings is 2. The number of sulfonamides is 2. The lowest BCUT2D eigenvalue weighted by molar-refractivity contribution is 0.173. The van der Waals surface area contributed by atoms with E-state index in [0.717, 1.165) is 31.6 Å². The Kier molecular flexibility index (Phi) is 12.4. The van der Waals surface area contributed by atoms with Crippen LogP contribution in [0, 0.1) is 0 Å². The van der Waals surface area contributed by atoms with Crippen LogP contribution in [-0.4, -0.2) is 103 Å². The second-order valence-corrected chi connectivity index (χ2v) is 24.5. The maximum Gasteiger partial charge on any atom is 0.231 e. The van der Waals surface area contributed by atoms with Crippen molar-refractivity contribution in [3.63, 3.8) is 0 Å². The summed E-state index contributed by atoms with van der Waals surface area (Å²) in [6.45, 7) is 4.31. The lowest BCUT2D eigenvalue weighted by Crippen LogP contribution is -2.31. The molecule has 0 saturated heterocycles. The number of imidazole rings is 2. The number of thiazole rings is 2. The molecule has 0 amide bonds. The van der Waals surface area contributed by atoms with Gasteiger partial charge in [-0.05, 0) is 57.4 Å². The molecule has 0 radical (unpaired) electrons. The van der Waals surface area contributed by atoms with E-state index >= 15 is 0 Å². The predicted octanol–water partition coefficient (Wildman–Crippen LogP) is 5.72. The number of ether oxygens (including phenoxy) is 4. The standard InChI is InChI=1S/C42H42N14O8S6/c1-21(2)70(59,60)50-5-3-7-55-37-33(35(43)46-17-48-37)52-41(55)68-32-15-30-28(62-20-64-30)13-24(32)40-51-26(16-66-40)22-11-25(22)54-69(57,58)10-4-8-56-38-34(36(44)47-18-49-38)53-42(56)67-31-14-29-27(61-19-63-29)12-23(31)39-45-6-9-65-39/h6,9,12-18,21-22,25,50,54H,3-5,7-8,10-11,19-20H2,1-2H3,(H2,43,46,48)(H2,44,47,49). The van der Waals surface area contributed by atoms with Crippen LogP contribution in [0.1, 0.15) is 44.7 Å². The zero-order chi connectivity index (χ0) is 48.3. The minimum atomic E-state index is -3.73. The Labute approximate surface area is 416 Å². The summed E-state index contributed by atoms with van der Waals surface area (Å²) in [5, 5.41) is 5.89. The monoisotopic (exact) mass is 1060 g/mol. The number of rotatable bonds is 19. The van der Waals surface area contributed by atoms with E-state index in [1.165, 1.54) is 58.9 Å². The number of hydrogen-bond donors (Lipinski definition) is 4. The van der Waals surface area contributed by atoms with Crippen LogP contribution in [0.5, 0.6) is 23.0 Å². The molecule has 1 saturated carbocycles. The number of aromatic nitrogens is 10. The second kappa shape index (κ2) is 18.7. The third-order valence-corrected chi connectivity index (χ3v) is 18.7. The van der Waals surface area contributed by atoms with Gasteiger partial charge in [0.25, 0.3) is 0 Å². The van der Waals surface area contributed by atoms with Crippen molar-refractivity contribution in [3.05, 3.63) is 59.6 Å². The zero-order valence-electron chi connectivity index (χ0n) is 37.1. The number of aryl methyl sites for hydroxylation is 2. The van der Waals surface area contributed by atoms with Gasteiger partial charge in [-0.15, -0.1) is 22.7 Å². The molecule has 1 fully saturated rings. The molecule has 70 heavy (non-hydrogen) atoms. The quantitative estimate of drug-likeness (QED) is 0.0704. The molecule has 2 atom stereocenters. The van der Waals surface area contributed by atoms with Crippen molar-refractivity contribution in [2.45, 2.75) is 83.5 Å². The topological polar surface area (TPSA) is 294 Å². The highest BCUT2D eigenvalue weighted by Crippen LogP contribution is 2.49. The summed E-state index contributed by atoms with van der Waals surface area (Å²) < 4.78 is 84.4. The summed E-state index contributed by atoms with van der Waals surface area (Å²) in [6, 6.07) is 7.22. The highest BCUT2D eigenvalue weighted by atomic mass is 32.2. The normalized spacial score (nSPS) is 16.3. The van der Waals surface area contributed by atoms with E-state index in [0.29, 0.717) is 80.0 Å². The molecule has 11 rings (SSSR count). The Morgan fingerprint density at radius 3 is 1.89 bits per heavy atom. The maximum absolute atomic E-state index is 13.7. The van der Waals surface area contributed by atoms with E-state index in [4.69, 9.17) is 45.4 Å². The largest absolute Gasteiger partial charge is 0.454 e. The van der Waals surface area contributed by atoms with E-state index in [-0.39, 0.29) is 62.4 Å². The fraction of sp³-hybridized carbons (Fsp3) is 0.333. The summed E-state index contributed by atoms with van der Waals surface area (Å²) in [7, 11) is -7.17. The highest BCUT2D eigenvalue weighted by Gasteiger charge is 2.43. The number of fused-ring (bicyclic) bond motifs is 4. The molecule has 22 nitrogen and oxygen atoms in total. The molecule has 3 aliphatic rings. The number of anilines is 2. The van der Waals surface area contributed by atoms with Crippen molar-refractivity contribution in [2.24, 2.45) is 0 Å². The molecule has 28 heteroatoms. The average molecular weight is 1060 g/mol. The summed E-state index contributed by atoms with van der Waals surface area (Å²) in [6.07, 6.45) is 5.77. The summed E-state index contributed by atoms with van der Waals surface area (Å²) in [4.78, 5) is 38.0. The van der Waals surface area contributed by atoms with Crippen LogP contribution in [0.15, 0.2) is 74.0 Å². The molecule has 6 N–H and O–H groups in total. The SMILES string of the molecule is CC(C)S(=O)(=O)NCCCn1c(Sc2cc3c(cc2-c2nc(C4CC4NS(=O)(=O)CCCn4c(Sc5cc6c(cc5-c5nccs5)OCO6)nc5c(N)ncnc54)cs2)OCO3)nc2c(N)ncnc21. The second-order valence-electron chi connectivity index (χ2n) is 16.6. The van der Waals surface area contributed by atoms with Gasteiger partial charge < -0.3 is 39.5 Å². The molecule has 8 heterocycles. The Morgan fingerprint density at radius 1 is 0.743 bits per heavy atom. The Hall–Kier alpha value is -5.88. The zero-order valence-corrected chi connectivity index (χ0v) is 42.0. The summed E-state index contributed by atoms with van der Waals surface area (Å²) in [5.41, 5.74) is 16.7. The van der Waals surface area contributed by atoms with E-state index in [1.807, 2.05) is 44.2 Å². The Morgan fingerprint density at radius 2 is 1.31 bits per heavy atom. The number of hydrogen-bond acceptors (Lipinski definition) is 22. The molecule has 8 aromatic rings. The fourth-order valence-electron chi connectivity index (χ4n) is 7.88. The highest BCUT2D eigenvalue weighted by molar-refractivity contribution is 7.99. The smallest absolute Gasteiger partial charge is 0.231 e. The van der Waals surface area contributed by atoms with Gasteiger partial charge >= 0.3 is 0 Å². The molecule has 6 aromatic heterocycles. The Balaban J connectivity index is 0.783. The molecule has 2 aliphatic heterocycles. The van der Waals surface area contributed by atoms with Crippen molar-refractivity contribution < 1.29 is 35.8 Å². The van der Waals surface area contributed by atoms with Crippen molar-refractivity contribution >= 4 is 100 Å². The van der Waals surface area contributed by atoms with Gasteiger partial charge in [0.05, 0.1) is 16.7 Å². The van der Waals surface area contributed by atoms with Crippen LogP contribution in [0.25, 0.3) is 43.5 Å². The predicted molar refractivity (Wildman–Crippen MR) is 264 cm³/mol. The van der Waals surface area contributed by atoms with Gasteiger partial charge in [-0.3, -0.25) is 0 Å². The molecular formula is C42H42N14O8S6. The van der Waals surface area contributed by atoms with Gasteiger partial charge in [-0.25, -0.2) is 66.2 Å². The summed E-state index contributed by atoms with van der Waals surface area (Å²) in [5.74, 6) is 2.50. The van der Waals surface area contributed by atoms with Gasteiger partial charge in [0, 0.05) is 69.5 Å². The first-order valence-corrected chi connectivity index (χ1v) is 28.4. The third-order valence-electron chi connectivity index (χ3n) is 11.6. The molecule has 2 unspecified atom stereocenters. The van der Waals surface area contributed by atoms with Gasteiger partial charge in [0.2, 0.25) is 33.6 Å². The van der Waals surface area contributed by atoms with Crippen molar-refractivity contribution in [1.29, 1.82) is 0 Å². The van der Waals surface area contributed by atoms with Crippen LogP contribution in [0.2, 0.25) is 0 Å². The molecule has 0 bridgehead atoms. The Bertz CT molecular complexity index is 3530. The van der Waals surface area contributed by atoms with E-state index in [1.54, 1.807) is 20.0 Å². The molecular weight excluding hydrogens is 1020 g/mol. The van der Waals surface area contributed by atoms with Gasteiger partial charge in [0.1, 0.15) is 22.7 Å². The van der Waals surface area contributed by atoms with Crippen molar-refractivity contribution in [2.75, 3.05) is 37.4 Å². The van der Waals surface area contributed by atoms with E-state index in [9.17, 15) is 16.8 Å². The first kappa shape index (κ1) is 46.5. The van der Waals surface area contributed by atoms with Crippen molar-refractivity contribution in [3.8, 4) is 44.1 Å². The minimum Gasteiger partial charge on any atom is -0.454 e. The lowest BCUT2D eigenvalue weighted by atomic mass is 10.2. The molecule has 364 valence electrons. The van der Waals surface area contributed by atoms with Gasteiger partial charge in [0.15, 0.2) is 67.3 Å². The molecule has 2 aromatic carbocycles. The summed E-state index contributed by atoms with van der Waals surface area (Å²) >= 11 is 5.66. The lowest BCUT2D eigenvalue weighted by Gasteiger charge is -2.12. The molecule has 1 aliphatic carbocycles. The van der Waals surface area contributed by atoms with Crippen molar-refractivity contribution in [1.82, 2.24) is 58.5 Å². The number of nitrogens with two attached hydrogens (primary N) is 2. The first-order chi connectivity index (χ1) is 33.8.